The Bertz CT molecular complexity index is 410. The van der Waals surface area contributed by atoms with Crippen molar-refractivity contribution in [3.05, 3.63) is 23.3 Å². The Morgan fingerprint density at radius 3 is 2.35 bits per heavy atom. The van der Waals surface area contributed by atoms with E-state index in [2.05, 4.69) is 5.32 Å². The van der Waals surface area contributed by atoms with Gasteiger partial charge in [0.1, 0.15) is 11.4 Å². The molecule has 1 aromatic rings. The van der Waals surface area contributed by atoms with Crippen LogP contribution in [0.4, 0.5) is 10.5 Å². The zero-order valence-corrected chi connectivity index (χ0v) is 10.9. The normalized spacial score (nSPS) is 11.1. The molecule has 0 aromatic heterocycles. The number of anilines is 1. The predicted molar refractivity (Wildman–Crippen MR) is 67.4 cm³/mol. The molecule has 0 radical (unpaired) electrons. The van der Waals surface area contributed by atoms with Gasteiger partial charge >= 0.3 is 6.09 Å². The van der Waals surface area contributed by atoms with E-state index in [1.165, 1.54) is 6.07 Å². The molecule has 0 fully saturated rings. The van der Waals surface area contributed by atoms with Crippen molar-refractivity contribution < 1.29 is 14.6 Å². The van der Waals surface area contributed by atoms with Crippen molar-refractivity contribution in [2.75, 3.05) is 5.32 Å². The van der Waals surface area contributed by atoms with Gasteiger partial charge in [0.15, 0.2) is 0 Å². The molecule has 0 heterocycles. The molecule has 0 saturated heterocycles. The first kappa shape index (κ1) is 13.4. The van der Waals surface area contributed by atoms with Crippen LogP contribution in [0.5, 0.6) is 5.75 Å². The molecule has 1 aromatic carbocycles. The fourth-order valence-electron chi connectivity index (χ4n) is 1.33. The highest BCUT2D eigenvalue weighted by Crippen LogP contribution is 2.25. The number of ether oxygens (including phenoxy) is 1. The minimum atomic E-state index is -0.536. The average molecular weight is 237 g/mol. The van der Waals surface area contributed by atoms with E-state index in [0.29, 0.717) is 5.69 Å². The first-order chi connectivity index (χ1) is 7.69. The molecule has 1 amide bonds. The van der Waals surface area contributed by atoms with Crippen LogP contribution in [-0.4, -0.2) is 16.8 Å². The van der Waals surface area contributed by atoms with E-state index in [-0.39, 0.29) is 5.75 Å². The molecule has 0 aliphatic heterocycles. The minimum Gasteiger partial charge on any atom is -0.508 e. The zero-order valence-electron chi connectivity index (χ0n) is 10.9. The second kappa shape index (κ2) is 4.65. The van der Waals surface area contributed by atoms with E-state index < -0.39 is 11.7 Å². The molecule has 17 heavy (non-hydrogen) atoms. The lowest BCUT2D eigenvalue weighted by molar-refractivity contribution is 0.0636. The molecule has 0 unspecified atom stereocenters. The quantitative estimate of drug-likeness (QED) is 0.787. The topological polar surface area (TPSA) is 58.6 Å². The molecule has 4 heteroatoms. The third kappa shape index (κ3) is 3.98. The van der Waals surface area contributed by atoms with Crippen LogP contribution in [0.25, 0.3) is 0 Å². The zero-order chi connectivity index (χ0) is 13.2. The molecule has 4 nitrogen and oxygen atoms in total. The van der Waals surface area contributed by atoms with Gasteiger partial charge in [-0.1, -0.05) is 0 Å². The molecule has 0 saturated carbocycles. The van der Waals surface area contributed by atoms with Gasteiger partial charge in [0.2, 0.25) is 0 Å². The Kier molecular flexibility index (Phi) is 3.66. The summed E-state index contributed by atoms with van der Waals surface area (Å²) in [6.45, 7) is 9.08. The first-order valence-electron chi connectivity index (χ1n) is 5.49. The van der Waals surface area contributed by atoms with Gasteiger partial charge in [-0.05, 0) is 51.8 Å². The number of hydrogen-bond donors (Lipinski definition) is 2. The number of nitrogens with one attached hydrogen (secondary N) is 1. The van der Waals surface area contributed by atoms with Crippen LogP contribution in [-0.2, 0) is 4.74 Å². The summed E-state index contributed by atoms with van der Waals surface area (Å²) < 4.78 is 5.12. The van der Waals surface area contributed by atoms with E-state index in [0.717, 1.165) is 11.1 Å². The highest BCUT2D eigenvalue weighted by atomic mass is 16.6. The third-order valence-corrected chi connectivity index (χ3v) is 2.29. The van der Waals surface area contributed by atoms with Gasteiger partial charge in [0.25, 0.3) is 0 Å². The second-order valence-electron chi connectivity index (χ2n) is 5.06. The predicted octanol–water partition coefficient (Wildman–Crippen LogP) is 3.36. The summed E-state index contributed by atoms with van der Waals surface area (Å²) >= 11 is 0. The number of hydrogen-bond acceptors (Lipinski definition) is 3. The van der Waals surface area contributed by atoms with Crippen molar-refractivity contribution >= 4 is 11.8 Å². The van der Waals surface area contributed by atoms with Crippen LogP contribution in [0.2, 0.25) is 0 Å². The number of phenols is 1. The summed E-state index contributed by atoms with van der Waals surface area (Å²) in [4.78, 5) is 11.5. The van der Waals surface area contributed by atoms with Crippen molar-refractivity contribution in [3.8, 4) is 5.75 Å². The molecule has 1 rings (SSSR count). The minimum absolute atomic E-state index is 0.163. The number of amides is 1. The van der Waals surface area contributed by atoms with Crippen molar-refractivity contribution in [2.24, 2.45) is 0 Å². The Morgan fingerprint density at radius 1 is 1.29 bits per heavy atom. The maximum absolute atomic E-state index is 11.5. The van der Waals surface area contributed by atoms with Gasteiger partial charge in [0.05, 0.1) is 0 Å². The fourth-order valence-corrected chi connectivity index (χ4v) is 1.33. The van der Waals surface area contributed by atoms with Gasteiger partial charge in [-0.3, -0.25) is 5.32 Å². The first-order valence-corrected chi connectivity index (χ1v) is 5.49. The molecule has 0 aliphatic carbocycles. The Balaban J connectivity index is 2.79. The lowest BCUT2D eigenvalue weighted by Gasteiger charge is -2.20. The van der Waals surface area contributed by atoms with Crippen LogP contribution in [0.15, 0.2) is 12.1 Å². The molecule has 0 atom stereocenters. The summed E-state index contributed by atoms with van der Waals surface area (Å²) in [5.74, 6) is 0.163. The maximum atomic E-state index is 11.5. The second-order valence-corrected chi connectivity index (χ2v) is 5.06. The number of carbonyl (C=O) groups excluding carboxylic acids is 1. The van der Waals surface area contributed by atoms with E-state index in [9.17, 15) is 9.90 Å². The Labute approximate surface area is 102 Å². The van der Waals surface area contributed by atoms with Crippen molar-refractivity contribution in [2.45, 2.75) is 40.2 Å². The molecular weight excluding hydrogens is 218 g/mol. The largest absolute Gasteiger partial charge is 0.508 e. The van der Waals surface area contributed by atoms with Crippen LogP contribution in [0.1, 0.15) is 31.9 Å². The molecule has 0 bridgehead atoms. The van der Waals surface area contributed by atoms with Gasteiger partial charge in [0, 0.05) is 11.8 Å². The van der Waals surface area contributed by atoms with E-state index in [4.69, 9.17) is 4.74 Å². The summed E-state index contributed by atoms with van der Waals surface area (Å²) in [5.41, 5.74) is 1.71. The average Bonchev–Trinajstić information content (AvgIpc) is 2.10. The Hall–Kier alpha value is -1.71. The molecule has 0 spiro atoms. The monoisotopic (exact) mass is 237 g/mol. The highest BCUT2D eigenvalue weighted by molar-refractivity contribution is 5.85. The van der Waals surface area contributed by atoms with E-state index >= 15 is 0 Å². The number of aromatic hydroxyl groups is 1. The van der Waals surface area contributed by atoms with Gasteiger partial charge in [-0.2, -0.15) is 0 Å². The van der Waals surface area contributed by atoms with Crippen molar-refractivity contribution in [1.82, 2.24) is 0 Å². The number of phenolic OH excluding ortho intramolecular Hbond substituents is 1. The van der Waals surface area contributed by atoms with Gasteiger partial charge in [-0.15, -0.1) is 0 Å². The number of aryl methyl sites for hydroxylation is 1. The van der Waals surface area contributed by atoms with Gasteiger partial charge in [-0.25, -0.2) is 4.79 Å². The third-order valence-electron chi connectivity index (χ3n) is 2.29. The summed E-state index contributed by atoms with van der Waals surface area (Å²) in [6, 6.07) is 3.30. The number of benzene rings is 1. The summed E-state index contributed by atoms with van der Waals surface area (Å²) in [6.07, 6.45) is -0.528. The molecule has 94 valence electrons. The lowest BCUT2D eigenvalue weighted by Crippen LogP contribution is -2.27. The number of rotatable bonds is 1. The van der Waals surface area contributed by atoms with Crippen LogP contribution < -0.4 is 5.32 Å². The lowest BCUT2D eigenvalue weighted by atomic mass is 10.1. The molecule has 2 N–H and O–H groups in total. The van der Waals surface area contributed by atoms with Crippen LogP contribution in [0.3, 0.4) is 0 Å². The van der Waals surface area contributed by atoms with Crippen molar-refractivity contribution in [3.63, 3.8) is 0 Å². The SMILES string of the molecule is Cc1cc(NC(=O)OC(C)(C)C)cc(O)c1C. The molecule has 0 aliphatic rings. The Morgan fingerprint density at radius 2 is 1.88 bits per heavy atom. The summed E-state index contributed by atoms with van der Waals surface area (Å²) in [5, 5.41) is 12.2. The van der Waals surface area contributed by atoms with E-state index in [1.807, 2.05) is 13.8 Å². The van der Waals surface area contributed by atoms with Gasteiger partial charge < -0.3 is 9.84 Å². The highest BCUT2D eigenvalue weighted by Gasteiger charge is 2.16. The van der Waals surface area contributed by atoms with E-state index in [1.54, 1.807) is 26.8 Å². The van der Waals surface area contributed by atoms with Crippen LogP contribution in [0, 0.1) is 13.8 Å². The molecular formula is C13H19NO3. The maximum Gasteiger partial charge on any atom is 0.412 e. The van der Waals surface area contributed by atoms with Crippen LogP contribution >= 0.6 is 0 Å². The summed E-state index contributed by atoms with van der Waals surface area (Å²) in [7, 11) is 0. The van der Waals surface area contributed by atoms with Crippen molar-refractivity contribution in [1.29, 1.82) is 0 Å². The number of carbonyl (C=O) groups is 1. The fraction of sp³-hybridized carbons (Fsp3) is 0.462. The smallest absolute Gasteiger partial charge is 0.412 e. The standard InChI is InChI=1S/C13H19NO3/c1-8-6-10(7-11(15)9(8)2)14-12(16)17-13(3,4)5/h6-7,15H,1-5H3,(H,14,16).